The van der Waals surface area contributed by atoms with E-state index in [4.69, 9.17) is 0 Å². The Morgan fingerprint density at radius 1 is 1.31 bits per heavy atom. The van der Waals surface area contributed by atoms with Crippen LogP contribution in [0.1, 0.15) is 24.2 Å². The molecule has 0 saturated carbocycles. The molecule has 0 aliphatic carbocycles. The maximum atomic E-state index is 11.2. The zero-order chi connectivity index (χ0) is 12.8. The van der Waals surface area contributed by atoms with E-state index in [-0.39, 0.29) is 5.91 Å². The fourth-order valence-electron chi connectivity index (χ4n) is 0.856. The Morgan fingerprint density at radius 3 is 2.25 bits per heavy atom. The Morgan fingerprint density at radius 2 is 1.81 bits per heavy atom. The van der Waals surface area contributed by atoms with Crippen LogP contribution in [0, 0.1) is 0 Å². The monoisotopic (exact) mass is 225 g/mol. The third kappa shape index (κ3) is 7.74. The van der Waals surface area contributed by atoms with Crippen LogP contribution in [-0.4, -0.2) is 19.6 Å². The van der Waals surface area contributed by atoms with Gasteiger partial charge >= 0.3 is 0 Å². The van der Waals surface area contributed by atoms with Gasteiger partial charge in [0, 0.05) is 12.1 Å². The molecule has 1 rings (SSSR count). The summed E-state index contributed by atoms with van der Waals surface area (Å²) in [5.41, 5.74) is 0.680. The van der Waals surface area contributed by atoms with Gasteiger partial charge in [-0.15, -0.1) is 6.58 Å². The largest absolute Gasteiger partial charge is 0.349 e. The van der Waals surface area contributed by atoms with Crippen molar-refractivity contribution in [1.29, 1.82) is 0 Å². The molecule has 16 heavy (non-hydrogen) atoms. The maximum absolute atomic E-state index is 11.2. The Balaban J connectivity index is 0. The van der Waals surface area contributed by atoms with Gasteiger partial charge in [0.2, 0.25) is 0 Å². The van der Waals surface area contributed by atoms with Crippen molar-refractivity contribution in [3.8, 4) is 0 Å². The van der Waals surface area contributed by atoms with Gasteiger partial charge in [0.25, 0.3) is 5.91 Å². The minimum Gasteiger partial charge on any atom is -0.349 e. The van der Waals surface area contributed by atoms with Gasteiger partial charge in [-0.2, -0.15) is 0 Å². The van der Waals surface area contributed by atoms with Gasteiger partial charge in [-0.1, -0.05) is 38.1 Å². The molecule has 0 heterocycles. The first kappa shape index (κ1) is 16.8. The molecule has 90 valence electrons. The molecule has 0 unspecified atom stereocenters. The maximum Gasteiger partial charge on any atom is 0.251 e. The molecule has 1 amide bonds. The molecule has 0 atom stereocenters. The summed E-state index contributed by atoms with van der Waals surface area (Å²) in [6, 6.07) is 9.10. The predicted molar refractivity (Wildman–Crippen MR) is 67.4 cm³/mol. The molecular formula is C13H20FNO. The van der Waals surface area contributed by atoms with E-state index in [1.54, 1.807) is 18.2 Å². The van der Waals surface area contributed by atoms with Crippen LogP contribution in [0.3, 0.4) is 0 Å². The number of halogens is 1. The van der Waals surface area contributed by atoms with Crippen LogP contribution in [0.2, 0.25) is 0 Å². The lowest BCUT2D eigenvalue weighted by molar-refractivity contribution is 0.0958. The van der Waals surface area contributed by atoms with Crippen LogP contribution in [0.4, 0.5) is 4.39 Å². The highest BCUT2D eigenvalue weighted by Crippen LogP contribution is 1.96. The molecule has 0 aliphatic heterocycles. The first-order valence-electron chi connectivity index (χ1n) is 5.16. The Bertz CT molecular complexity index is 273. The summed E-state index contributed by atoms with van der Waals surface area (Å²) < 4.78 is 9.50. The molecule has 0 saturated heterocycles. The number of benzene rings is 1. The second-order valence-corrected chi connectivity index (χ2v) is 2.36. The number of nitrogens with one attached hydrogen (secondary N) is 1. The van der Waals surface area contributed by atoms with Crippen LogP contribution >= 0.6 is 0 Å². The van der Waals surface area contributed by atoms with Crippen molar-refractivity contribution in [2.24, 2.45) is 0 Å². The summed E-state index contributed by atoms with van der Waals surface area (Å²) in [5.74, 6) is -0.0597. The van der Waals surface area contributed by atoms with Gasteiger partial charge in [-0.05, 0) is 12.1 Å². The van der Waals surface area contributed by atoms with Crippen LogP contribution in [0.15, 0.2) is 43.0 Å². The number of carbonyl (C=O) groups excluding carboxylic acids is 1. The van der Waals surface area contributed by atoms with Gasteiger partial charge < -0.3 is 5.32 Å². The van der Waals surface area contributed by atoms with E-state index >= 15 is 0 Å². The summed E-state index contributed by atoms with van der Waals surface area (Å²) in [4.78, 5) is 11.2. The van der Waals surface area contributed by atoms with E-state index in [2.05, 4.69) is 11.9 Å². The summed E-state index contributed by atoms with van der Waals surface area (Å²) in [6.45, 7) is 8.02. The molecule has 1 aromatic rings. The molecule has 0 aliphatic rings. The van der Waals surface area contributed by atoms with Gasteiger partial charge in [-0.25, -0.2) is 0 Å². The molecular weight excluding hydrogens is 205 g/mol. The molecule has 0 bridgehead atoms. The van der Waals surface area contributed by atoms with E-state index in [0.29, 0.717) is 19.3 Å². The average molecular weight is 225 g/mol. The molecule has 3 heteroatoms. The number of hydrogen-bond acceptors (Lipinski definition) is 1. The number of rotatable bonds is 3. The zero-order valence-electron chi connectivity index (χ0n) is 10.2. The van der Waals surface area contributed by atoms with Crippen molar-refractivity contribution in [2.45, 2.75) is 13.8 Å². The van der Waals surface area contributed by atoms with Crippen molar-refractivity contribution < 1.29 is 9.18 Å². The highest BCUT2D eigenvalue weighted by molar-refractivity contribution is 5.94. The molecule has 1 aromatic carbocycles. The van der Waals surface area contributed by atoms with E-state index in [9.17, 15) is 9.18 Å². The van der Waals surface area contributed by atoms with E-state index < -0.39 is 0 Å². The Labute approximate surface area is 97.2 Å². The predicted octanol–water partition coefficient (Wildman–Crippen LogP) is 3.21. The third-order valence-electron chi connectivity index (χ3n) is 1.44. The molecule has 1 N–H and O–H groups in total. The fraction of sp³-hybridized carbons (Fsp3) is 0.308. The topological polar surface area (TPSA) is 29.1 Å². The smallest absolute Gasteiger partial charge is 0.251 e. The van der Waals surface area contributed by atoms with Crippen LogP contribution in [-0.2, 0) is 0 Å². The number of amides is 1. The molecule has 0 spiro atoms. The normalized spacial score (nSPS) is 7.50. The highest BCUT2D eigenvalue weighted by Gasteiger charge is 2.00. The second-order valence-electron chi connectivity index (χ2n) is 2.36. The Hall–Kier alpha value is -1.64. The van der Waals surface area contributed by atoms with E-state index in [1.807, 2.05) is 32.0 Å². The molecule has 2 nitrogen and oxygen atoms in total. The van der Waals surface area contributed by atoms with Gasteiger partial charge in [0.05, 0.1) is 7.18 Å². The average Bonchev–Trinajstić information content (AvgIpc) is 2.41. The molecule has 0 fully saturated rings. The molecule has 0 radical (unpaired) electrons. The first-order valence-corrected chi connectivity index (χ1v) is 5.16. The van der Waals surface area contributed by atoms with Gasteiger partial charge in [0.15, 0.2) is 0 Å². The van der Waals surface area contributed by atoms with Crippen LogP contribution in [0.25, 0.3) is 0 Å². The second kappa shape index (κ2) is 13.4. The summed E-state index contributed by atoms with van der Waals surface area (Å²) >= 11 is 0. The Kier molecular flexibility index (Phi) is 14.0. The summed E-state index contributed by atoms with van der Waals surface area (Å²) in [5, 5.41) is 2.69. The van der Waals surface area contributed by atoms with E-state index in [1.165, 1.54) is 0 Å². The zero-order valence-corrected chi connectivity index (χ0v) is 10.2. The fourth-order valence-corrected chi connectivity index (χ4v) is 0.856. The van der Waals surface area contributed by atoms with Crippen molar-refractivity contribution in [1.82, 2.24) is 5.32 Å². The van der Waals surface area contributed by atoms with Crippen molar-refractivity contribution in [2.75, 3.05) is 13.7 Å². The van der Waals surface area contributed by atoms with Gasteiger partial charge in [0.1, 0.15) is 0 Å². The standard InChI is InChI=1S/C10H11NO.C2H6.CH3F/c1-2-8-11-10(12)9-6-4-3-5-7-9;2*1-2/h2-7H,1,8H2,(H,11,12);1-2H3;1H3. The molecule has 0 aromatic heterocycles. The quantitative estimate of drug-likeness (QED) is 0.786. The highest BCUT2D eigenvalue weighted by atomic mass is 19.1. The van der Waals surface area contributed by atoms with Crippen molar-refractivity contribution >= 4 is 5.91 Å². The number of hydrogen-bond donors (Lipinski definition) is 1. The van der Waals surface area contributed by atoms with Crippen LogP contribution < -0.4 is 5.32 Å². The lowest BCUT2D eigenvalue weighted by Crippen LogP contribution is -2.22. The van der Waals surface area contributed by atoms with Crippen LogP contribution in [0.5, 0.6) is 0 Å². The third-order valence-corrected chi connectivity index (χ3v) is 1.44. The SMILES string of the molecule is C=CCNC(=O)c1ccccc1.CC.CF. The van der Waals surface area contributed by atoms with E-state index in [0.717, 1.165) is 0 Å². The summed E-state index contributed by atoms with van der Waals surface area (Å²) in [6.07, 6.45) is 1.65. The minimum absolute atomic E-state index is 0.0597. The number of carbonyl (C=O) groups is 1. The lowest BCUT2D eigenvalue weighted by Gasteiger charge is -2.00. The minimum atomic E-state index is -0.0597. The van der Waals surface area contributed by atoms with Gasteiger partial charge in [-0.3, -0.25) is 9.18 Å². The summed E-state index contributed by atoms with van der Waals surface area (Å²) in [7, 11) is 0.500. The number of alkyl halides is 1. The lowest BCUT2D eigenvalue weighted by atomic mass is 10.2. The first-order chi connectivity index (χ1) is 7.84. The van der Waals surface area contributed by atoms with Crippen molar-refractivity contribution in [3.63, 3.8) is 0 Å². The van der Waals surface area contributed by atoms with Crippen molar-refractivity contribution in [3.05, 3.63) is 48.6 Å².